The van der Waals surface area contributed by atoms with Gasteiger partial charge < -0.3 is 14.9 Å². The Morgan fingerprint density at radius 3 is 2.67 bits per heavy atom. The van der Waals surface area contributed by atoms with E-state index in [2.05, 4.69) is 27.4 Å². The molecule has 3 rings (SSSR count). The number of allylic oxidation sites excluding steroid dienone is 1. The molecule has 4 atom stereocenters. The van der Waals surface area contributed by atoms with E-state index in [0.29, 0.717) is 23.8 Å². The fraction of sp³-hybridized carbons (Fsp3) is 0.609. The number of benzene rings is 1. The number of phenolic OH excluding ortho intramolecular Hbond substituents is 2. The summed E-state index contributed by atoms with van der Waals surface area (Å²) in [7, 11) is 1.32. The van der Waals surface area contributed by atoms with Crippen LogP contribution in [-0.2, 0) is 11.2 Å². The first-order valence-corrected chi connectivity index (χ1v) is 9.95. The van der Waals surface area contributed by atoms with Crippen molar-refractivity contribution in [2.75, 3.05) is 7.11 Å². The summed E-state index contributed by atoms with van der Waals surface area (Å²) in [4.78, 5) is 12.0. The molecule has 0 bridgehead atoms. The lowest BCUT2D eigenvalue weighted by atomic mass is 9.44. The number of esters is 1. The molecule has 1 aromatic carbocycles. The second-order valence-corrected chi connectivity index (χ2v) is 9.05. The van der Waals surface area contributed by atoms with Gasteiger partial charge in [0.15, 0.2) is 11.5 Å². The maximum atomic E-state index is 12.0. The van der Waals surface area contributed by atoms with Gasteiger partial charge in [-0.05, 0) is 78.9 Å². The predicted octanol–water partition coefficient (Wildman–Crippen LogP) is 5.23. The monoisotopic (exact) mass is 372 g/mol. The first kappa shape index (κ1) is 19.8. The van der Waals surface area contributed by atoms with E-state index in [-0.39, 0.29) is 27.9 Å². The zero-order valence-electron chi connectivity index (χ0n) is 17.0. The SMILES string of the molecule is C=C1CCCC2(C)C1CCC(C)C2(C)Cc1cc(C(=O)OC)cc(O)c1O. The summed E-state index contributed by atoms with van der Waals surface area (Å²) in [6, 6.07) is 2.94. The third kappa shape index (κ3) is 3.03. The van der Waals surface area contributed by atoms with Crippen LogP contribution in [0.1, 0.15) is 68.8 Å². The number of aromatic hydroxyl groups is 2. The van der Waals surface area contributed by atoms with Gasteiger partial charge in [0.2, 0.25) is 0 Å². The average molecular weight is 373 g/mol. The number of fused-ring (bicyclic) bond motifs is 1. The van der Waals surface area contributed by atoms with E-state index in [9.17, 15) is 15.0 Å². The van der Waals surface area contributed by atoms with Crippen molar-refractivity contribution in [3.63, 3.8) is 0 Å². The first-order valence-electron chi connectivity index (χ1n) is 9.95. The van der Waals surface area contributed by atoms with E-state index in [0.717, 1.165) is 25.7 Å². The molecular formula is C23H32O4. The van der Waals surface area contributed by atoms with Crippen LogP contribution >= 0.6 is 0 Å². The molecule has 0 aromatic heterocycles. The van der Waals surface area contributed by atoms with Gasteiger partial charge in [-0.25, -0.2) is 4.79 Å². The minimum Gasteiger partial charge on any atom is -0.504 e. The van der Waals surface area contributed by atoms with Crippen molar-refractivity contribution < 1.29 is 19.7 Å². The summed E-state index contributed by atoms with van der Waals surface area (Å²) in [5, 5.41) is 20.7. The van der Waals surface area contributed by atoms with Crippen molar-refractivity contribution in [1.29, 1.82) is 0 Å². The van der Waals surface area contributed by atoms with Crippen LogP contribution in [0.15, 0.2) is 24.3 Å². The van der Waals surface area contributed by atoms with Gasteiger partial charge in [0.25, 0.3) is 0 Å². The van der Waals surface area contributed by atoms with E-state index in [4.69, 9.17) is 4.74 Å². The molecule has 4 heteroatoms. The number of ether oxygens (including phenoxy) is 1. The molecule has 2 fully saturated rings. The molecule has 2 saturated carbocycles. The fourth-order valence-corrected chi connectivity index (χ4v) is 5.81. The van der Waals surface area contributed by atoms with Crippen LogP contribution in [0, 0.1) is 22.7 Å². The van der Waals surface area contributed by atoms with Gasteiger partial charge in [-0.2, -0.15) is 0 Å². The Labute approximate surface area is 162 Å². The Morgan fingerprint density at radius 1 is 1.30 bits per heavy atom. The second-order valence-electron chi connectivity index (χ2n) is 9.05. The molecular weight excluding hydrogens is 340 g/mol. The number of rotatable bonds is 3. The van der Waals surface area contributed by atoms with Crippen LogP contribution in [0.5, 0.6) is 11.5 Å². The van der Waals surface area contributed by atoms with Gasteiger partial charge in [0.1, 0.15) is 0 Å². The van der Waals surface area contributed by atoms with Crippen molar-refractivity contribution in [3.05, 3.63) is 35.4 Å². The highest BCUT2D eigenvalue weighted by Gasteiger charge is 2.56. The van der Waals surface area contributed by atoms with Crippen LogP contribution in [0.4, 0.5) is 0 Å². The standard InChI is InChI=1S/C23H32O4/c1-14-7-6-10-22(3)18(14)9-8-15(2)23(22,4)13-17-11-16(21(26)27-5)12-19(24)20(17)25/h11-12,15,18,24-25H,1,6-10,13H2,2-5H3. The number of methoxy groups -OCH3 is 1. The van der Waals surface area contributed by atoms with Crippen LogP contribution < -0.4 is 0 Å². The largest absolute Gasteiger partial charge is 0.504 e. The fourth-order valence-electron chi connectivity index (χ4n) is 5.81. The van der Waals surface area contributed by atoms with Crippen molar-refractivity contribution in [2.24, 2.45) is 22.7 Å². The van der Waals surface area contributed by atoms with E-state index in [1.807, 2.05) is 0 Å². The lowest BCUT2D eigenvalue weighted by Crippen LogP contribution is -2.53. The van der Waals surface area contributed by atoms with Crippen LogP contribution in [0.2, 0.25) is 0 Å². The highest BCUT2D eigenvalue weighted by molar-refractivity contribution is 5.90. The average Bonchev–Trinajstić information content (AvgIpc) is 2.62. The highest BCUT2D eigenvalue weighted by atomic mass is 16.5. The summed E-state index contributed by atoms with van der Waals surface area (Å²) in [6.45, 7) is 11.3. The maximum Gasteiger partial charge on any atom is 0.337 e. The molecule has 4 nitrogen and oxygen atoms in total. The van der Waals surface area contributed by atoms with Crippen LogP contribution in [0.3, 0.4) is 0 Å². The van der Waals surface area contributed by atoms with E-state index < -0.39 is 5.97 Å². The Balaban J connectivity index is 2.05. The maximum absolute atomic E-state index is 12.0. The zero-order valence-corrected chi connectivity index (χ0v) is 17.0. The predicted molar refractivity (Wildman–Crippen MR) is 106 cm³/mol. The lowest BCUT2D eigenvalue weighted by molar-refractivity contribution is -0.0828. The first-order chi connectivity index (χ1) is 12.6. The normalized spacial score (nSPS) is 33.4. The minimum atomic E-state index is -0.511. The second kappa shape index (κ2) is 6.88. The Bertz CT molecular complexity index is 768. The zero-order chi connectivity index (χ0) is 20.0. The van der Waals surface area contributed by atoms with Crippen molar-refractivity contribution in [2.45, 2.75) is 59.3 Å². The van der Waals surface area contributed by atoms with Gasteiger partial charge >= 0.3 is 5.97 Å². The Hall–Kier alpha value is -1.97. The van der Waals surface area contributed by atoms with Gasteiger partial charge in [-0.15, -0.1) is 0 Å². The van der Waals surface area contributed by atoms with Crippen molar-refractivity contribution in [1.82, 2.24) is 0 Å². The molecule has 4 unspecified atom stereocenters. The van der Waals surface area contributed by atoms with Crippen molar-refractivity contribution >= 4 is 5.97 Å². The summed E-state index contributed by atoms with van der Waals surface area (Å²) >= 11 is 0. The van der Waals surface area contributed by atoms with E-state index in [1.165, 1.54) is 25.2 Å². The van der Waals surface area contributed by atoms with E-state index >= 15 is 0 Å². The summed E-state index contributed by atoms with van der Waals surface area (Å²) in [5.74, 6) is 0.0506. The molecule has 0 aliphatic heterocycles. The topological polar surface area (TPSA) is 66.8 Å². The molecule has 0 heterocycles. The summed E-state index contributed by atoms with van der Waals surface area (Å²) < 4.78 is 4.80. The molecule has 0 saturated heterocycles. The number of hydrogen-bond acceptors (Lipinski definition) is 4. The molecule has 2 aliphatic rings. The van der Waals surface area contributed by atoms with Gasteiger partial charge in [0.05, 0.1) is 12.7 Å². The van der Waals surface area contributed by atoms with Crippen LogP contribution in [-0.4, -0.2) is 23.3 Å². The third-order valence-electron chi connectivity index (χ3n) is 7.88. The quantitative estimate of drug-likeness (QED) is 0.433. The number of carbonyl (C=O) groups is 1. The number of carbonyl (C=O) groups excluding carboxylic acids is 1. The molecule has 27 heavy (non-hydrogen) atoms. The molecule has 2 aliphatic carbocycles. The molecule has 1 aromatic rings. The Kier molecular flexibility index (Phi) is 5.04. The van der Waals surface area contributed by atoms with Gasteiger partial charge in [0, 0.05) is 0 Å². The summed E-state index contributed by atoms with van der Waals surface area (Å²) in [5.41, 5.74) is 2.26. The number of phenols is 2. The Morgan fingerprint density at radius 2 is 2.00 bits per heavy atom. The lowest BCUT2D eigenvalue weighted by Gasteiger charge is -2.61. The summed E-state index contributed by atoms with van der Waals surface area (Å²) in [6.07, 6.45) is 6.30. The number of hydrogen-bond donors (Lipinski definition) is 2. The van der Waals surface area contributed by atoms with Gasteiger partial charge in [-0.3, -0.25) is 0 Å². The van der Waals surface area contributed by atoms with E-state index in [1.54, 1.807) is 6.07 Å². The molecule has 0 radical (unpaired) electrons. The molecule has 0 spiro atoms. The minimum absolute atomic E-state index is 0.0715. The molecule has 2 N–H and O–H groups in total. The van der Waals surface area contributed by atoms with Crippen molar-refractivity contribution in [3.8, 4) is 11.5 Å². The smallest absolute Gasteiger partial charge is 0.337 e. The highest BCUT2D eigenvalue weighted by Crippen LogP contribution is 2.64. The van der Waals surface area contributed by atoms with Crippen LogP contribution in [0.25, 0.3) is 0 Å². The van der Waals surface area contributed by atoms with Gasteiger partial charge in [-0.1, -0.05) is 32.9 Å². The third-order valence-corrected chi connectivity index (χ3v) is 7.88. The molecule has 0 amide bonds. The molecule has 148 valence electrons.